The molecule has 0 spiro atoms. The molecule has 0 saturated heterocycles. The second-order valence-electron chi connectivity index (χ2n) is 5.75. The van der Waals surface area contributed by atoms with Gasteiger partial charge in [0, 0.05) is 0 Å². The SMILES string of the molecule is Fc1nc(F)c(F)c(OCCC(F)(F)C(F)(F)C(F)(F)C(F)(F)C(F)(F)C(F)(F)F)c1F. The van der Waals surface area contributed by atoms with Crippen molar-refractivity contribution < 1.29 is 79.4 Å². The van der Waals surface area contributed by atoms with Crippen LogP contribution in [0.3, 0.4) is 0 Å². The summed E-state index contributed by atoms with van der Waals surface area (Å²) in [7, 11) is 0. The highest BCUT2D eigenvalue weighted by atomic mass is 19.4. The monoisotopic (exact) mass is 513 g/mol. The van der Waals surface area contributed by atoms with E-state index in [0.717, 1.165) is 0 Å². The fourth-order valence-corrected chi connectivity index (χ4v) is 1.84. The number of hydrogen-bond acceptors (Lipinski definition) is 2. The van der Waals surface area contributed by atoms with Gasteiger partial charge >= 0.3 is 35.8 Å². The van der Waals surface area contributed by atoms with Gasteiger partial charge in [-0.15, -0.1) is 0 Å². The summed E-state index contributed by atoms with van der Waals surface area (Å²) in [6, 6.07) is 0. The minimum absolute atomic E-state index is 1.95. The predicted molar refractivity (Wildman–Crippen MR) is 65.0 cm³/mol. The van der Waals surface area contributed by atoms with Crippen LogP contribution in [0.5, 0.6) is 5.75 Å². The van der Waals surface area contributed by atoms with Crippen LogP contribution in [0, 0.1) is 23.5 Å². The van der Waals surface area contributed by atoms with Crippen LogP contribution in [0.2, 0.25) is 0 Å². The number of alkyl halides is 13. The molecule has 2 nitrogen and oxygen atoms in total. The highest BCUT2D eigenvalue weighted by Crippen LogP contribution is 2.60. The average molecular weight is 513 g/mol. The van der Waals surface area contributed by atoms with Crippen LogP contribution < -0.4 is 4.74 Å². The van der Waals surface area contributed by atoms with Crippen LogP contribution in [0.1, 0.15) is 6.42 Å². The van der Waals surface area contributed by atoms with Crippen LogP contribution in [-0.2, 0) is 0 Å². The number of rotatable bonds is 8. The molecule has 0 aliphatic carbocycles. The first-order valence-electron chi connectivity index (χ1n) is 7.26. The number of nitrogens with zero attached hydrogens (tertiary/aromatic N) is 1. The van der Waals surface area contributed by atoms with Crippen molar-refractivity contribution >= 4 is 0 Å². The molecule has 0 bridgehead atoms. The third-order valence-electron chi connectivity index (χ3n) is 3.62. The molecule has 19 heteroatoms. The van der Waals surface area contributed by atoms with Crippen LogP contribution in [0.25, 0.3) is 0 Å². The Hall–Kier alpha value is -2.24. The normalized spacial score (nSPS) is 14.7. The van der Waals surface area contributed by atoms with E-state index in [1.807, 2.05) is 4.98 Å². The van der Waals surface area contributed by atoms with E-state index in [4.69, 9.17) is 0 Å². The zero-order valence-corrected chi connectivity index (χ0v) is 14.2. The number of hydrogen-bond donors (Lipinski definition) is 0. The second kappa shape index (κ2) is 7.96. The Balaban J connectivity index is 3.23. The van der Waals surface area contributed by atoms with Gasteiger partial charge in [0.2, 0.25) is 11.6 Å². The van der Waals surface area contributed by atoms with Crippen LogP contribution >= 0.6 is 0 Å². The molecule has 0 aliphatic rings. The van der Waals surface area contributed by atoms with E-state index in [1.54, 1.807) is 0 Å². The minimum atomic E-state index is -8.12. The number of halogens is 17. The van der Waals surface area contributed by atoms with Crippen molar-refractivity contribution in [2.75, 3.05) is 6.61 Å². The van der Waals surface area contributed by atoms with Gasteiger partial charge in [-0.25, -0.2) is 0 Å². The molecule has 1 rings (SSSR count). The first kappa shape index (κ1) is 27.8. The van der Waals surface area contributed by atoms with Gasteiger partial charge in [0.1, 0.15) is 0 Å². The Morgan fingerprint density at radius 2 is 0.938 bits per heavy atom. The Morgan fingerprint density at radius 3 is 1.31 bits per heavy atom. The van der Waals surface area contributed by atoms with Crippen molar-refractivity contribution in [2.45, 2.75) is 42.2 Å². The van der Waals surface area contributed by atoms with Gasteiger partial charge < -0.3 is 4.74 Å². The highest BCUT2D eigenvalue weighted by Gasteiger charge is 2.90. The van der Waals surface area contributed by atoms with E-state index >= 15 is 0 Å². The van der Waals surface area contributed by atoms with E-state index < -0.39 is 78.1 Å². The number of ether oxygens (including phenoxy) is 1. The summed E-state index contributed by atoms with van der Waals surface area (Å²) in [6.07, 6.45) is -10.6. The molecular formula is C13H4F17NO. The van der Waals surface area contributed by atoms with E-state index in [9.17, 15) is 74.6 Å². The Labute approximate surface area is 163 Å². The summed E-state index contributed by atoms with van der Waals surface area (Å²) in [4.78, 5) is 1.95. The predicted octanol–water partition coefficient (Wildman–Crippen LogP) is 6.15. The van der Waals surface area contributed by atoms with Crippen molar-refractivity contribution in [1.29, 1.82) is 0 Å². The fourth-order valence-electron chi connectivity index (χ4n) is 1.84. The van der Waals surface area contributed by atoms with Crippen LogP contribution in [0.15, 0.2) is 0 Å². The quantitative estimate of drug-likeness (QED) is 0.308. The van der Waals surface area contributed by atoms with Crippen molar-refractivity contribution in [3.63, 3.8) is 0 Å². The Kier molecular flexibility index (Phi) is 6.92. The molecule has 0 amide bonds. The maximum absolute atomic E-state index is 13.5. The van der Waals surface area contributed by atoms with Gasteiger partial charge in [-0.05, 0) is 0 Å². The molecule has 0 aromatic carbocycles. The number of pyridine rings is 1. The summed E-state index contributed by atoms with van der Waals surface area (Å²) >= 11 is 0. The maximum atomic E-state index is 13.5. The topological polar surface area (TPSA) is 22.1 Å². The van der Waals surface area contributed by atoms with Gasteiger partial charge in [-0.1, -0.05) is 0 Å². The number of aromatic nitrogens is 1. The average Bonchev–Trinajstić information content (AvgIpc) is 2.61. The summed E-state index contributed by atoms with van der Waals surface area (Å²) in [5.74, 6) is -50.6. The van der Waals surface area contributed by atoms with Gasteiger partial charge in [0.25, 0.3) is 11.9 Å². The molecule has 0 atom stereocenters. The lowest BCUT2D eigenvalue weighted by atomic mass is 9.93. The van der Waals surface area contributed by atoms with Gasteiger partial charge in [-0.3, -0.25) is 0 Å². The molecule has 0 unspecified atom stereocenters. The zero-order valence-electron chi connectivity index (χ0n) is 14.2. The van der Waals surface area contributed by atoms with Gasteiger partial charge in [0.05, 0.1) is 13.0 Å². The Bertz CT molecular complexity index is 820. The van der Waals surface area contributed by atoms with Crippen molar-refractivity contribution in [1.82, 2.24) is 4.98 Å². The fraction of sp³-hybridized carbons (Fsp3) is 0.615. The lowest BCUT2D eigenvalue weighted by molar-refractivity contribution is -0.440. The third-order valence-corrected chi connectivity index (χ3v) is 3.62. The largest absolute Gasteiger partial charge is 0.487 e. The molecule has 0 aliphatic heterocycles. The summed E-state index contributed by atoms with van der Waals surface area (Å²) in [5.41, 5.74) is 0. The Morgan fingerprint density at radius 1 is 0.562 bits per heavy atom. The smallest absolute Gasteiger partial charge is 0.460 e. The second-order valence-corrected chi connectivity index (χ2v) is 5.75. The molecule has 0 fully saturated rings. The first-order chi connectivity index (χ1) is 14.0. The molecular weight excluding hydrogens is 509 g/mol. The molecule has 1 heterocycles. The highest BCUT2D eigenvalue weighted by molar-refractivity contribution is 5.24. The van der Waals surface area contributed by atoms with E-state index in [2.05, 4.69) is 4.74 Å². The summed E-state index contributed by atoms with van der Waals surface area (Å²) in [5, 5.41) is 0. The molecule has 0 radical (unpaired) electrons. The van der Waals surface area contributed by atoms with E-state index in [0.29, 0.717) is 0 Å². The maximum Gasteiger partial charge on any atom is 0.460 e. The molecule has 1 aromatic rings. The molecule has 0 saturated carbocycles. The third kappa shape index (κ3) is 4.08. The minimum Gasteiger partial charge on any atom is -0.487 e. The lowest BCUT2D eigenvalue weighted by Gasteiger charge is -2.39. The first-order valence-corrected chi connectivity index (χ1v) is 7.26. The molecule has 1 aromatic heterocycles. The summed E-state index contributed by atoms with van der Waals surface area (Å²) in [6.45, 7) is -2.31. The van der Waals surface area contributed by atoms with Gasteiger partial charge in [0.15, 0.2) is 5.75 Å². The molecule has 0 N–H and O–H groups in total. The molecule has 186 valence electrons. The lowest BCUT2D eigenvalue weighted by Crippen LogP contribution is -2.70. The van der Waals surface area contributed by atoms with Crippen molar-refractivity contribution in [3.8, 4) is 5.75 Å². The van der Waals surface area contributed by atoms with E-state index in [1.165, 1.54) is 0 Å². The van der Waals surface area contributed by atoms with Crippen molar-refractivity contribution in [3.05, 3.63) is 23.5 Å². The van der Waals surface area contributed by atoms with Crippen LogP contribution in [-0.4, -0.2) is 47.4 Å². The zero-order chi connectivity index (χ0) is 25.7. The summed E-state index contributed by atoms with van der Waals surface area (Å²) < 4.78 is 223. The van der Waals surface area contributed by atoms with E-state index in [-0.39, 0.29) is 0 Å². The molecule has 32 heavy (non-hydrogen) atoms. The van der Waals surface area contributed by atoms with Gasteiger partial charge in [-0.2, -0.15) is 79.6 Å². The van der Waals surface area contributed by atoms with Crippen LogP contribution in [0.4, 0.5) is 74.6 Å². The van der Waals surface area contributed by atoms with Crippen molar-refractivity contribution in [2.24, 2.45) is 0 Å². The standard InChI is InChI=1S/C13H4F17NO/c14-3-5(4(15)7(17)31-6(3)16)32-2-1-8(18,19)9(20,21)10(22,23)11(24,25)12(26,27)13(28,29)30/h1-2H2.